The van der Waals surface area contributed by atoms with Gasteiger partial charge in [-0.05, 0) is 51.0 Å². The fraction of sp³-hybridized carbons (Fsp3) is 0.429. The van der Waals surface area contributed by atoms with E-state index >= 15 is 0 Å². The van der Waals surface area contributed by atoms with Gasteiger partial charge in [-0.1, -0.05) is 0 Å². The van der Waals surface area contributed by atoms with Gasteiger partial charge in [0.25, 0.3) is 0 Å². The molecule has 1 aliphatic rings. The van der Waals surface area contributed by atoms with Gasteiger partial charge < -0.3 is 15.9 Å². The maximum absolute atomic E-state index is 13.2. The van der Waals surface area contributed by atoms with Crippen LogP contribution < -0.4 is 11.2 Å². The summed E-state index contributed by atoms with van der Waals surface area (Å²) >= 11 is 0. The van der Waals surface area contributed by atoms with E-state index in [0.717, 1.165) is 11.1 Å². The van der Waals surface area contributed by atoms with Gasteiger partial charge in [-0.3, -0.25) is 0 Å². The minimum absolute atomic E-state index is 0.321. The summed E-state index contributed by atoms with van der Waals surface area (Å²) in [6, 6.07) is 4.00. The van der Waals surface area contributed by atoms with Crippen molar-refractivity contribution in [3.05, 3.63) is 35.1 Å². The van der Waals surface area contributed by atoms with Crippen LogP contribution >= 0.6 is 0 Å². The molecule has 1 aromatic rings. The number of nitrogens with one attached hydrogen (secondary N) is 1. The van der Waals surface area contributed by atoms with Crippen molar-refractivity contribution in [2.75, 3.05) is 0 Å². The van der Waals surface area contributed by atoms with Gasteiger partial charge in [0.05, 0.1) is 11.8 Å². The second-order valence-corrected chi connectivity index (χ2v) is 5.72. The van der Waals surface area contributed by atoms with Gasteiger partial charge in [0, 0.05) is 5.56 Å². The number of benzene rings is 1. The standard InChI is InChI=1S/C14H18FN3O2/c1-14(2,3)20-13(19)17-11-7-8-6-9(15)4-5-10(8)12(11)18-16/h4-6,11H,7,16H2,1-3H3,(H,17,19)/b18-12-. The molecule has 1 unspecified atom stereocenters. The number of halogens is 1. The van der Waals surface area contributed by atoms with Crippen LogP contribution in [-0.4, -0.2) is 23.4 Å². The van der Waals surface area contributed by atoms with Crippen LogP contribution in [0.3, 0.4) is 0 Å². The summed E-state index contributed by atoms with van der Waals surface area (Å²) in [5.41, 5.74) is 1.48. The van der Waals surface area contributed by atoms with Crippen LogP contribution in [0.4, 0.5) is 9.18 Å². The quantitative estimate of drug-likeness (QED) is 0.609. The summed E-state index contributed by atoms with van der Waals surface area (Å²) in [6.45, 7) is 5.34. The number of amides is 1. The minimum atomic E-state index is -0.582. The Bertz CT molecular complexity index is 564. The van der Waals surface area contributed by atoms with Crippen molar-refractivity contribution in [2.24, 2.45) is 10.9 Å². The van der Waals surface area contributed by atoms with Crippen LogP contribution in [-0.2, 0) is 11.2 Å². The van der Waals surface area contributed by atoms with Gasteiger partial charge in [-0.2, -0.15) is 5.10 Å². The predicted molar refractivity (Wildman–Crippen MR) is 74.0 cm³/mol. The molecule has 0 radical (unpaired) electrons. The number of carbonyl (C=O) groups is 1. The lowest BCUT2D eigenvalue weighted by molar-refractivity contribution is 0.0519. The zero-order valence-corrected chi connectivity index (χ0v) is 11.7. The predicted octanol–water partition coefficient (Wildman–Crippen LogP) is 1.94. The maximum Gasteiger partial charge on any atom is 0.408 e. The number of hydrazone groups is 1. The molecular formula is C14H18FN3O2. The Morgan fingerprint density at radius 3 is 2.80 bits per heavy atom. The summed E-state index contributed by atoms with van der Waals surface area (Å²) in [5, 5.41) is 6.42. The normalized spacial score (nSPS) is 19.8. The number of hydrogen-bond acceptors (Lipinski definition) is 4. The van der Waals surface area contributed by atoms with E-state index in [2.05, 4.69) is 10.4 Å². The summed E-state index contributed by atoms with van der Waals surface area (Å²) in [7, 11) is 0. The Balaban J connectivity index is 2.14. The molecule has 1 atom stereocenters. The van der Waals surface area contributed by atoms with Crippen LogP contribution in [0.25, 0.3) is 0 Å². The van der Waals surface area contributed by atoms with Crippen molar-refractivity contribution in [2.45, 2.75) is 38.8 Å². The molecule has 0 aromatic heterocycles. The number of nitrogens with zero attached hydrogens (tertiary/aromatic N) is 1. The number of alkyl carbamates (subject to hydrolysis) is 1. The second kappa shape index (κ2) is 5.11. The third-order valence-corrected chi connectivity index (χ3v) is 2.93. The number of carbonyl (C=O) groups excluding carboxylic acids is 1. The number of rotatable bonds is 1. The van der Waals surface area contributed by atoms with Crippen LogP contribution in [0.1, 0.15) is 31.9 Å². The van der Waals surface area contributed by atoms with E-state index in [0.29, 0.717) is 12.1 Å². The molecule has 0 saturated carbocycles. The third-order valence-electron chi connectivity index (χ3n) is 2.93. The zero-order chi connectivity index (χ0) is 14.9. The molecule has 6 heteroatoms. The zero-order valence-electron chi connectivity index (χ0n) is 11.7. The first kappa shape index (κ1) is 14.3. The van der Waals surface area contributed by atoms with Crippen molar-refractivity contribution in [1.82, 2.24) is 5.32 Å². The van der Waals surface area contributed by atoms with Crippen molar-refractivity contribution < 1.29 is 13.9 Å². The van der Waals surface area contributed by atoms with Crippen molar-refractivity contribution in [3.8, 4) is 0 Å². The molecular weight excluding hydrogens is 261 g/mol. The summed E-state index contributed by atoms with van der Waals surface area (Å²) in [6.07, 6.45) is -0.0977. The van der Waals surface area contributed by atoms with E-state index in [1.54, 1.807) is 26.8 Å². The van der Waals surface area contributed by atoms with Gasteiger partial charge in [-0.25, -0.2) is 9.18 Å². The van der Waals surface area contributed by atoms with Crippen LogP contribution in [0.15, 0.2) is 23.3 Å². The minimum Gasteiger partial charge on any atom is -0.444 e. The molecule has 3 N–H and O–H groups in total. The largest absolute Gasteiger partial charge is 0.444 e. The van der Waals surface area contributed by atoms with E-state index in [-0.39, 0.29) is 5.82 Å². The van der Waals surface area contributed by atoms with Crippen LogP contribution in [0.2, 0.25) is 0 Å². The Morgan fingerprint density at radius 1 is 1.50 bits per heavy atom. The van der Waals surface area contributed by atoms with Gasteiger partial charge in [0.1, 0.15) is 11.4 Å². The molecule has 0 bridgehead atoms. The lowest BCUT2D eigenvalue weighted by Crippen LogP contribution is -2.42. The first-order chi connectivity index (χ1) is 9.30. The number of ether oxygens (including phenoxy) is 1. The lowest BCUT2D eigenvalue weighted by atomic mass is 10.1. The maximum atomic E-state index is 13.2. The van der Waals surface area contributed by atoms with E-state index < -0.39 is 17.7 Å². The van der Waals surface area contributed by atoms with E-state index in [1.807, 2.05) is 0 Å². The van der Waals surface area contributed by atoms with Crippen LogP contribution in [0.5, 0.6) is 0 Å². The highest BCUT2D eigenvalue weighted by atomic mass is 19.1. The summed E-state index contributed by atoms with van der Waals surface area (Å²) in [4.78, 5) is 11.8. The highest BCUT2D eigenvalue weighted by molar-refractivity contribution is 6.09. The lowest BCUT2D eigenvalue weighted by Gasteiger charge is -2.21. The molecule has 0 fully saturated rings. The molecule has 108 valence electrons. The van der Waals surface area contributed by atoms with Crippen molar-refractivity contribution >= 4 is 11.8 Å². The van der Waals surface area contributed by atoms with Gasteiger partial charge >= 0.3 is 6.09 Å². The molecule has 1 aromatic carbocycles. The molecule has 5 nitrogen and oxygen atoms in total. The number of nitrogens with two attached hydrogens (primary N) is 1. The van der Waals surface area contributed by atoms with E-state index in [4.69, 9.17) is 10.6 Å². The molecule has 1 amide bonds. The fourth-order valence-corrected chi connectivity index (χ4v) is 2.21. The summed E-state index contributed by atoms with van der Waals surface area (Å²) in [5.74, 6) is 5.06. The van der Waals surface area contributed by atoms with Gasteiger partial charge in [0.15, 0.2) is 0 Å². The summed E-state index contributed by atoms with van der Waals surface area (Å²) < 4.78 is 18.4. The van der Waals surface area contributed by atoms with Crippen molar-refractivity contribution in [3.63, 3.8) is 0 Å². The molecule has 0 heterocycles. The molecule has 0 saturated heterocycles. The highest BCUT2D eigenvalue weighted by Crippen LogP contribution is 2.24. The molecule has 2 rings (SSSR count). The monoisotopic (exact) mass is 279 g/mol. The Labute approximate surface area is 117 Å². The fourth-order valence-electron chi connectivity index (χ4n) is 2.21. The number of fused-ring (bicyclic) bond motifs is 1. The SMILES string of the molecule is CC(C)(C)OC(=O)NC1Cc2cc(F)ccc2/C1=N/N. The third kappa shape index (κ3) is 3.07. The topological polar surface area (TPSA) is 76.7 Å². The number of hydrogen-bond donors (Lipinski definition) is 2. The Kier molecular flexibility index (Phi) is 3.65. The van der Waals surface area contributed by atoms with Gasteiger partial charge in [-0.15, -0.1) is 0 Å². The average Bonchev–Trinajstić information content (AvgIpc) is 2.62. The first-order valence-corrected chi connectivity index (χ1v) is 6.36. The van der Waals surface area contributed by atoms with E-state index in [9.17, 15) is 9.18 Å². The van der Waals surface area contributed by atoms with E-state index in [1.165, 1.54) is 12.1 Å². The molecule has 0 spiro atoms. The van der Waals surface area contributed by atoms with Gasteiger partial charge in [0.2, 0.25) is 0 Å². The molecule has 20 heavy (non-hydrogen) atoms. The molecule has 0 aliphatic heterocycles. The second-order valence-electron chi connectivity index (χ2n) is 5.72. The smallest absolute Gasteiger partial charge is 0.408 e. The average molecular weight is 279 g/mol. The highest BCUT2D eigenvalue weighted by Gasteiger charge is 2.31. The Hall–Kier alpha value is -2.11. The van der Waals surface area contributed by atoms with Crippen LogP contribution in [0, 0.1) is 5.82 Å². The molecule has 1 aliphatic carbocycles. The Morgan fingerprint density at radius 2 is 2.20 bits per heavy atom. The first-order valence-electron chi connectivity index (χ1n) is 6.36. The van der Waals surface area contributed by atoms with Crippen molar-refractivity contribution in [1.29, 1.82) is 0 Å².